The summed E-state index contributed by atoms with van der Waals surface area (Å²) in [5.41, 5.74) is 5.75. The van der Waals surface area contributed by atoms with Gasteiger partial charge in [0.2, 0.25) is 11.8 Å². The molecule has 0 aliphatic carbocycles. The molecule has 1 fully saturated rings. The predicted octanol–water partition coefficient (Wildman–Crippen LogP) is 1.44. The number of aromatic nitrogens is 2. The third kappa shape index (κ3) is 3.32. The highest BCUT2D eigenvalue weighted by atomic mass is 16.5. The lowest BCUT2D eigenvalue weighted by molar-refractivity contribution is 0.304. The van der Waals surface area contributed by atoms with Gasteiger partial charge < -0.3 is 15.4 Å². The fraction of sp³-hybridized carbons (Fsp3) is 0.692. The number of anilines is 1. The Morgan fingerprint density at radius 2 is 2.44 bits per heavy atom. The molecule has 100 valence electrons. The van der Waals surface area contributed by atoms with E-state index in [2.05, 4.69) is 21.8 Å². The van der Waals surface area contributed by atoms with Crippen molar-refractivity contribution in [2.45, 2.75) is 26.2 Å². The maximum Gasteiger partial charge on any atom is 0.228 e. The number of hydrogen-bond acceptors (Lipinski definition) is 5. The van der Waals surface area contributed by atoms with E-state index in [1.54, 1.807) is 6.20 Å². The van der Waals surface area contributed by atoms with E-state index in [-0.39, 0.29) is 0 Å². The molecule has 1 atom stereocenters. The second kappa shape index (κ2) is 6.54. The fourth-order valence-corrected chi connectivity index (χ4v) is 2.21. The van der Waals surface area contributed by atoms with Crippen LogP contribution in [-0.2, 0) is 0 Å². The maximum atomic E-state index is 5.75. The van der Waals surface area contributed by atoms with Gasteiger partial charge in [-0.1, -0.05) is 6.92 Å². The lowest BCUT2D eigenvalue weighted by atomic mass is 9.99. The van der Waals surface area contributed by atoms with Crippen LogP contribution in [0.2, 0.25) is 0 Å². The summed E-state index contributed by atoms with van der Waals surface area (Å²) in [6, 6.07) is 1.81. The highest BCUT2D eigenvalue weighted by molar-refractivity contribution is 5.32. The summed E-state index contributed by atoms with van der Waals surface area (Å²) in [7, 11) is 0. The van der Waals surface area contributed by atoms with Crippen LogP contribution in [0.5, 0.6) is 5.88 Å². The minimum atomic E-state index is 0.558. The van der Waals surface area contributed by atoms with Crippen molar-refractivity contribution in [3.63, 3.8) is 0 Å². The van der Waals surface area contributed by atoms with Crippen LogP contribution in [0.25, 0.3) is 0 Å². The predicted molar refractivity (Wildman–Crippen MR) is 71.8 cm³/mol. The summed E-state index contributed by atoms with van der Waals surface area (Å²) in [6.07, 6.45) is 5.11. The Bertz CT molecular complexity index is 372. The standard InChI is InChI=1S/C13H22N4O/c1-2-8-18-12-5-6-15-13(16-12)17-7-3-4-11(9-14)10-17/h5-6,11H,2-4,7-10,14H2,1H3. The van der Waals surface area contributed by atoms with E-state index in [1.165, 1.54) is 6.42 Å². The zero-order valence-electron chi connectivity index (χ0n) is 11.0. The van der Waals surface area contributed by atoms with Crippen LogP contribution >= 0.6 is 0 Å². The molecule has 2 rings (SSSR count). The van der Waals surface area contributed by atoms with E-state index in [0.717, 1.165) is 38.4 Å². The fourth-order valence-electron chi connectivity index (χ4n) is 2.21. The first-order valence-electron chi connectivity index (χ1n) is 6.74. The molecule has 0 saturated carbocycles. The van der Waals surface area contributed by atoms with Crippen LogP contribution in [0.15, 0.2) is 12.3 Å². The largest absolute Gasteiger partial charge is 0.478 e. The molecule has 0 spiro atoms. The van der Waals surface area contributed by atoms with Crippen molar-refractivity contribution in [3.05, 3.63) is 12.3 Å². The summed E-state index contributed by atoms with van der Waals surface area (Å²) < 4.78 is 5.54. The summed E-state index contributed by atoms with van der Waals surface area (Å²) in [6.45, 7) is 5.48. The zero-order chi connectivity index (χ0) is 12.8. The molecule has 1 aliphatic heterocycles. The second-order valence-electron chi connectivity index (χ2n) is 4.73. The molecule has 1 saturated heterocycles. The van der Waals surface area contributed by atoms with Gasteiger partial charge in [-0.15, -0.1) is 0 Å². The van der Waals surface area contributed by atoms with Crippen molar-refractivity contribution in [2.75, 3.05) is 31.1 Å². The van der Waals surface area contributed by atoms with Crippen molar-refractivity contribution in [1.82, 2.24) is 9.97 Å². The molecular formula is C13H22N4O. The lowest BCUT2D eigenvalue weighted by Crippen LogP contribution is -2.39. The number of hydrogen-bond donors (Lipinski definition) is 1. The van der Waals surface area contributed by atoms with Gasteiger partial charge in [0.1, 0.15) is 0 Å². The molecular weight excluding hydrogens is 228 g/mol. The van der Waals surface area contributed by atoms with Gasteiger partial charge in [-0.05, 0) is 31.7 Å². The Morgan fingerprint density at radius 1 is 1.56 bits per heavy atom. The monoisotopic (exact) mass is 250 g/mol. The molecule has 0 radical (unpaired) electrons. The van der Waals surface area contributed by atoms with Crippen LogP contribution < -0.4 is 15.4 Å². The first kappa shape index (κ1) is 13.1. The Hall–Kier alpha value is -1.36. The average molecular weight is 250 g/mol. The van der Waals surface area contributed by atoms with E-state index in [4.69, 9.17) is 10.5 Å². The SMILES string of the molecule is CCCOc1ccnc(N2CCCC(CN)C2)n1. The number of rotatable bonds is 5. The van der Waals surface area contributed by atoms with Gasteiger partial charge in [-0.25, -0.2) is 4.98 Å². The van der Waals surface area contributed by atoms with Gasteiger partial charge in [-0.2, -0.15) is 4.98 Å². The molecule has 1 unspecified atom stereocenters. The van der Waals surface area contributed by atoms with Crippen LogP contribution in [0, 0.1) is 5.92 Å². The second-order valence-corrected chi connectivity index (χ2v) is 4.73. The average Bonchev–Trinajstić information content (AvgIpc) is 2.45. The Morgan fingerprint density at radius 3 is 3.22 bits per heavy atom. The number of nitrogens with two attached hydrogens (primary N) is 1. The molecule has 5 nitrogen and oxygen atoms in total. The molecule has 18 heavy (non-hydrogen) atoms. The van der Waals surface area contributed by atoms with Crippen LogP contribution in [0.4, 0.5) is 5.95 Å². The van der Waals surface area contributed by atoms with Gasteiger partial charge in [0.25, 0.3) is 0 Å². The Labute approximate surface area is 108 Å². The van der Waals surface area contributed by atoms with E-state index < -0.39 is 0 Å². The van der Waals surface area contributed by atoms with E-state index in [9.17, 15) is 0 Å². The topological polar surface area (TPSA) is 64.3 Å². The highest BCUT2D eigenvalue weighted by Gasteiger charge is 2.20. The van der Waals surface area contributed by atoms with E-state index in [0.29, 0.717) is 18.4 Å². The van der Waals surface area contributed by atoms with Crippen LogP contribution in [-0.4, -0.2) is 36.2 Å². The van der Waals surface area contributed by atoms with Crippen LogP contribution in [0.1, 0.15) is 26.2 Å². The quantitative estimate of drug-likeness (QED) is 0.856. The zero-order valence-corrected chi connectivity index (χ0v) is 11.0. The minimum Gasteiger partial charge on any atom is -0.478 e. The van der Waals surface area contributed by atoms with Gasteiger partial charge in [0.05, 0.1) is 6.61 Å². The first-order chi connectivity index (χ1) is 8.83. The van der Waals surface area contributed by atoms with Crippen LogP contribution in [0.3, 0.4) is 0 Å². The minimum absolute atomic E-state index is 0.558. The van der Waals surface area contributed by atoms with Gasteiger partial charge in [0.15, 0.2) is 0 Å². The van der Waals surface area contributed by atoms with Crippen molar-refractivity contribution in [2.24, 2.45) is 11.7 Å². The molecule has 1 aromatic rings. The summed E-state index contributed by atoms with van der Waals surface area (Å²) >= 11 is 0. The van der Waals surface area contributed by atoms with Gasteiger partial charge in [0, 0.05) is 25.4 Å². The van der Waals surface area contributed by atoms with Crippen molar-refractivity contribution in [3.8, 4) is 5.88 Å². The normalized spacial score (nSPS) is 19.9. The third-order valence-electron chi connectivity index (χ3n) is 3.21. The molecule has 1 aromatic heterocycles. The molecule has 1 aliphatic rings. The van der Waals surface area contributed by atoms with E-state index >= 15 is 0 Å². The molecule has 2 N–H and O–H groups in total. The van der Waals surface area contributed by atoms with Gasteiger partial charge >= 0.3 is 0 Å². The first-order valence-corrected chi connectivity index (χ1v) is 6.74. The third-order valence-corrected chi connectivity index (χ3v) is 3.21. The number of piperidine rings is 1. The summed E-state index contributed by atoms with van der Waals surface area (Å²) in [5.74, 6) is 1.99. The lowest BCUT2D eigenvalue weighted by Gasteiger charge is -2.32. The Balaban J connectivity index is 2.02. The molecule has 0 amide bonds. The summed E-state index contributed by atoms with van der Waals surface area (Å²) in [5, 5.41) is 0. The van der Waals surface area contributed by atoms with Crippen molar-refractivity contribution in [1.29, 1.82) is 0 Å². The Kier molecular flexibility index (Phi) is 4.75. The van der Waals surface area contributed by atoms with Crippen molar-refractivity contribution < 1.29 is 4.74 Å². The highest BCUT2D eigenvalue weighted by Crippen LogP contribution is 2.20. The number of ether oxygens (including phenoxy) is 1. The summed E-state index contributed by atoms with van der Waals surface area (Å²) in [4.78, 5) is 11.0. The molecule has 0 bridgehead atoms. The van der Waals surface area contributed by atoms with E-state index in [1.807, 2.05) is 6.07 Å². The molecule has 0 aromatic carbocycles. The number of nitrogens with zero attached hydrogens (tertiary/aromatic N) is 3. The molecule has 2 heterocycles. The van der Waals surface area contributed by atoms with Crippen molar-refractivity contribution >= 4 is 5.95 Å². The van der Waals surface area contributed by atoms with Gasteiger partial charge in [-0.3, -0.25) is 0 Å². The molecule has 5 heteroatoms. The maximum absolute atomic E-state index is 5.75. The smallest absolute Gasteiger partial charge is 0.228 e.